The lowest BCUT2D eigenvalue weighted by Gasteiger charge is -2.20. The van der Waals surface area contributed by atoms with Crippen LogP contribution >= 0.6 is 0 Å². The maximum Gasteiger partial charge on any atom is 0.343 e. The van der Waals surface area contributed by atoms with Gasteiger partial charge in [0.05, 0.1) is 38.2 Å². The minimum absolute atomic E-state index is 0.0136. The molecule has 0 saturated carbocycles. The number of methoxy groups -OCH3 is 2. The van der Waals surface area contributed by atoms with Crippen LogP contribution in [0.15, 0.2) is 82.0 Å². The summed E-state index contributed by atoms with van der Waals surface area (Å²) >= 11 is 0. The Morgan fingerprint density at radius 3 is 2.43 bits per heavy atom. The van der Waals surface area contributed by atoms with E-state index in [9.17, 15) is 14.7 Å². The van der Waals surface area contributed by atoms with Crippen molar-refractivity contribution in [3.63, 3.8) is 0 Å². The van der Waals surface area contributed by atoms with Crippen LogP contribution in [0.25, 0.3) is 11.0 Å². The Morgan fingerprint density at radius 1 is 0.971 bits per heavy atom. The third-order valence-electron chi connectivity index (χ3n) is 5.87. The largest absolute Gasteiger partial charge is 0.507 e. The first-order chi connectivity index (χ1) is 17.0. The lowest BCUT2D eigenvalue weighted by molar-refractivity contribution is -0.140. The van der Waals surface area contributed by atoms with E-state index in [2.05, 4.69) is 0 Å². The molecule has 7 nitrogen and oxygen atoms in total. The van der Waals surface area contributed by atoms with Gasteiger partial charge in [-0.1, -0.05) is 42.5 Å². The van der Waals surface area contributed by atoms with Crippen molar-refractivity contribution in [1.29, 1.82) is 0 Å². The average Bonchev–Trinajstić information content (AvgIpc) is 2.88. The molecule has 1 aromatic heterocycles. The number of hydrogen-bond donors (Lipinski definition) is 1. The Labute approximate surface area is 202 Å². The van der Waals surface area contributed by atoms with Gasteiger partial charge in [0.1, 0.15) is 22.8 Å². The SMILES string of the molecule is COC(=O)C[C@H](c1ccccc1OCCc1ccc(OC)cc1)c1c(O)c2ccccc2oc1=O. The van der Waals surface area contributed by atoms with Gasteiger partial charge in [0.2, 0.25) is 0 Å². The summed E-state index contributed by atoms with van der Waals surface area (Å²) in [5.41, 5.74) is 1.18. The zero-order valence-electron chi connectivity index (χ0n) is 19.5. The second-order valence-electron chi connectivity index (χ2n) is 7.97. The van der Waals surface area contributed by atoms with E-state index in [0.29, 0.717) is 29.7 Å². The molecule has 0 unspecified atom stereocenters. The number of carbonyl (C=O) groups excluding carboxylic acids is 1. The Kier molecular flexibility index (Phi) is 7.35. The first-order valence-corrected chi connectivity index (χ1v) is 11.2. The summed E-state index contributed by atoms with van der Waals surface area (Å²) in [6.07, 6.45) is 0.468. The van der Waals surface area contributed by atoms with Crippen LogP contribution in [0, 0.1) is 0 Å². The van der Waals surface area contributed by atoms with Crippen molar-refractivity contribution in [1.82, 2.24) is 0 Å². The molecule has 3 aromatic carbocycles. The molecular weight excluding hydrogens is 448 g/mol. The van der Waals surface area contributed by atoms with Crippen molar-refractivity contribution in [2.45, 2.75) is 18.8 Å². The maximum absolute atomic E-state index is 13.0. The standard InChI is InChI=1S/C28H26O7/c1-32-19-13-11-18(12-14-19)15-16-34-23-9-5-3-7-20(23)22(17-25(29)33-2)26-27(30)21-8-4-6-10-24(21)35-28(26)31/h3-14,22,30H,15-17H2,1-2H3/t22-/m1/s1. The van der Waals surface area contributed by atoms with Crippen molar-refractivity contribution < 1.29 is 28.5 Å². The van der Waals surface area contributed by atoms with Gasteiger partial charge in [-0.3, -0.25) is 4.79 Å². The fourth-order valence-electron chi connectivity index (χ4n) is 4.04. The van der Waals surface area contributed by atoms with Crippen LogP contribution in [0.5, 0.6) is 17.2 Å². The van der Waals surface area contributed by atoms with Gasteiger partial charge in [0.15, 0.2) is 0 Å². The highest BCUT2D eigenvalue weighted by Crippen LogP contribution is 2.39. The number of para-hydroxylation sites is 2. The first-order valence-electron chi connectivity index (χ1n) is 11.2. The van der Waals surface area contributed by atoms with Gasteiger partial charge in [-0.25, -0.2) is 4.79 Å². The summed E-state index contributed by atoms with van der Waals surface area (Å²) in [5.74, 6) is -0.309. The normalized spacial score (nSPS) is 11.7. The van der Waals surface area contributed by atoms with Crippen molar-refractivity contribution in [2.24, 2.45) is 0 Å². The van der Waals surface area contributed by atoms with Gasteiger partial charge in [0.25, 0.3) is 0 Å². The highest BCUT2D eigenvalue weighted by atomic mass is 16.5. The molecule has 0 aliphatic heterocycles. The highest BCUT2D eigenvalue weighted by Gasteiger charge is 2.29. The molecule has 35 heavy (non-hydrogen) atoms. The average molecular weight is 475 g/mol. The smallest absolute Gasteiger partial charge is 0.343 e. The van der Waals surface area contributed by atoms with Gasteiger partial charge < -0.3 is 23.7 Å². The van der Waals surface area contributed by atoms with E-state index in [-0.39, 0.29) is 23.3 Å². The van der Waals surface area contributed by atoms with Gasteiger partial charge in [-0.2, -0.15) is 0 Å². The fourth-order valence-corrected chi connectivity index (χ4v) is 4.04. The van der Waals surface area contributed by atoms with E-state index in [0.717, 1.165) is 11.3 Å². The predicted octanol–water partition coefficient (Wildman–Crippen LogP) is 4.82. The molecule has 0 amide bonds. The molecule has 4 aromatic rings. The van der Waals surface area contributed by atoms with E-state index in [1.54, 1.807) is 49.6 Å². The second-order valence-corrected chi connectivity index (χ2v) is 7.97. The number of carbonyl (C=O) groups is 1. The summed E-state index contributed by atoms with van der Waals surface area (Å²) in [6, 6.07) is 21.5. The van der Waals surface area contributed by atoms with E-state index >= 15 is 0 Å². The molecule has 0 bridgehead atoms. The van der Waals surface area contributed by atoms with Gasteiger partial charge >= 0.3 is 11.6 Å². The fraction of sp³-hybridized carbons (Fsp3) is 0.214. The summed E-state index contributed by atoms with van der Waals surface area (Å²) in [5, 5.41) is 11.4. The van der Waals surface area contributed by atoms with Crippen LogP contribution in [0.3, 0.4) is 0 Å². The number of aromatic hydroxyl groups is 1. The summed E-state index contributed by atoms with van der Waals surface area (Å²) < 4.78 is 21.6. The van der Waals surface area contributed by atoms with E-state index in [4.69, 9.17) is 18.6 Å². The number of fused-ring (bicyclic) bond motifs is 1. The molecule has 1 heterocycles. The van der Waals surface area contributed by atoms with Gasteiger partial charge in [-0.15, -0.1) is 0 Å². The number of hydrogen-bond acceptors (Lipinski definition) is 7. The highest BCUT2D eigenvalue weighted by molar-refractivity contribution is 5.85. The lowest BCUT2D eigenvalue weighted by atomic mass is 9.87. The van der Waals surface area contributed by atoms with Crippen LogP contribution < -0.4 is 15.1 Å². The Bertz CT molecular complexity index is 1370. The topological polar surface area (TPSA) is 95.2 Å². The molecule has 7 heteroatoms. The van der Waals surface area contributed by atoms with E-state index < -0.39 is 17.5 Å². The van der Waals surface area contributed by atoms with E-state index in [1.165, 1.54) is 7.11 Å². The number of ether oxygens (including phenoxy) is 3. The molecule has 180 valence electrons. The zero-order chi connectivity index (χ0) is 24.8. The van der Waals surface area contributed by atoms with Crippen molar-refractivity contribution >= 4 is 16.9 Å². The second kappa shape index (κ2) is 10.8. The van der Waals surface area contributed by atoms with Crippen LogP contribution in [-0.4, -0.2) is 31.9 Å². The summed E-state index contributed by atoms with van der Waals surface area (Å²) in [7, 11) is 2.90. The molecule has 1 atom stereocenters. The van der Waals surface area contributed by atoms with Gasteiger partial charge in [0, 0.05) is 17.9 Å². The third kappa shape index (κ3) is 5.30. The van der Waals surface area contributed by atoms with Crippen LogP contribution in [-0.2, 0) is 16.0 Å². The minimum Gasteiger partial charge on any atom is -0.507 e. The molecule has 0 saturated heterocycles. The van der Waals surface area contributed by atoms with Crippen molar-refractivity contribution in [2.75, 3.05) is 20.8 Å². The lowest BCUT2D eigenvalue weighted by Crippen LogP contribution is -2.19. The first kappa shape index (κ1) is 23.9. The quantitative estimate of drug-likeness (QED) is 0.274. The summed E-state index contributed by atoms with van der Waals surface area (Å²) in [6.45, 7) is 0.368. The molecule has 0 radical (unpaired) electrons. The van der Waals surface area contributed by atoms with Crippen molar-refractivity contribution in [3.05, 3.63) is 99.9 Å². The minimum atomic E-state index is -0.833. The zero-order valence-corrected chi connectivity index (χ0v) is 19.5. The van der Waals surface area contributed by atoms with Crippen LogP contribution in [0.1, 0.15) is 29.0 Å². The van der Waals surface area contributed by atoms with Crippen LogP contribution in [0.2, 0.25) is 0 Å². The number of rotatable bonds is 9. The Hall–Kier alpha value is -4.26. The number of esters is 1. The maximum atomic E-state index is 13.0. The Balaban J connectivity index is 1.68. The van der Waals surface area contributed by atoms with Gasteiger partial charge in [-0.05, 0) is 35.9 Å². The molecule has 1 N–H and O–H groups in total. The predicted molar refractivity (Wildman–Crippen MR) is 131 cm³/mol. The molecule has 4 rings (SSSR count). The monoisotopic (exact) mass is 474 g/mol. The third-order valence-corrected chi connectivity index (χ3v) is 5.87. The van der Waals surface area contributed by atoms with E-state index in [1.807, 2.05) is 30.3 Å². The van der Waals surface area contributed by atoms with Crippen LogP contribution in [0.4, 0.5) is 0 Å². The number of benzene rings is 3. The molecule has 0 aliphatic rings. The molecule has 0 spiro atoms. The summed E-state index contributed by atoms with van der Waals surface area (Å²) in [4.78, 5) is 25.3. The van der Waals surface area contributed by atoms with Crippen molar-refractivity contribution in [3.8, 4) is 17.2 Å². The molecule has 0 aliphatic carbocycles. The Morgan fingerprint density at radius 2 is 1.69 bits per heavy atom. The molecular formula is C28H26O7. The molecule has 0 fully saturated rings.